The van der Waals surface area contributed by atoms with Crippen LogP contribution in [0.2, 0.25) is 0 Å². The maximum absolute atomic E-state index is 11.0. The molecule has 1 atom stereocenters. The van der Waals surface area contributed by atoms with Gasteiger partial charge in [0.2, 0.25) is 0 Å². The minimum absolute atomic E-state index is 0.0307. The van der Waals surface area contributed by atoms with Crippen LogP contribution in [0.25, 0.3) is 21.9 Å². The number of carboxylic acids is 1. The summed E-state index contributed by atoms with van der Waals surface area (Å²) in [7, 11) is 0. The van der Waals surface area contributed by atoms with E-state index >= 15 is 0 Å². The summed E-state index contributed by atoms with van der Waals surface area (Å²) in [6.45, 7) is 11.0. The third-order valence-electron chi connectivity index (χ3n) is 6.04. The predicted molar refractivity (Wildman–Crippen MR) is 137 cm³/mol. The monoisotopic (exact) mass is 461 g/mol. The Morgan fingerprint density at radius 3 is 2.68 bits per heavy atom. The maximum atomic E-state index is 11.0. The molecule has 0 saturated heterocycles. The Balaban J connectivity index is 1.54. The largest absolute Gasteiger partial charge is 0.490 e. The van der Waals surface area contributed by atoms with E-state index in [4.69, 9.17) is 14.3 Å². The molecule has 0 aliphatic carbocycles. The van der Waals surface area contributed by atoms with Crippen molar-refractivity contribution in [3.05, 3.63) is 65.0 Å². The number of carbonyl (C=O) groups is 1. The second kappa shape index (κ2) is 9.57. The summed E-state index contributed by atoms with van der Waals surface area (Å²) in [5, 5.41) is 11.3. The number of H-pyrrole nitrogens is 1. The van der Waals surface area contributed by atoms with E-state index in [1.54, 1.807) is 0 Å². The highest BCUT2D eigenvalue weighted by molar-refractivity contribution is 5.86. The molecule has 1 unspecified atom stereocenters. The molecule has 0 fully saturated rings. The zero-order valence-corrected chi connectivity index (χ0v) is 20.8. The van der Waals surface area contributed by atoms with Gasteiger partial charge in [0.05, 0.1) is 12.7 Å². The van der Waals surface area contributed by atoms with E-state index in [1.165, 1.54) is 10.9 Å². The third kappa shape index (κ3) is 5.46. The Kier molecular flexibility index (Phi) is 6.74. The Labute approximate surface area is 201 Å². The van der Waals surface area contributed by atoms with Crippen molar-refractivity contribution in [3.8, 4) is 5.75 Å². The van der Waals surface area contributed by atoms with Gasteiger partial charge < -0.3 is 19.2 Å². The molecule has 2 aromatic heterocycles. The SMILES string of the molecule is CCCc1c(OC(C)Cc2cc3cc(CC(=O)O)ccc3[nH]2)ccc2c(CC(C)(C)C)coc12. The molecule has 0 bridgehead atoms. The van der Waals surface area contributed by atoms with Crippen LogP contribution in [0.5, 0.6) is 5.75 Å². The van der Waals surface area contributed by atoms with Crippen LogP contribution >= 0.6 is 0 Å². The molecule has 0 aliphatic heterocycles. The fraction of sp³-hybridized carbons (Fsp3) is 0.414. The summed E-state index contributed by atoms with van der Waals surface area (Å²) in [4.78, 5) is 14.5. The molecule has 5 nitrogen and oxygen atoms in total. The number of aromatic nitrogens is 1. The number of ether oxygens (including phenoxy) is 1. The molecule has 4 aromatic rings. The number of hydrogen-bond acceptors (Lipinski definition) is 3. The third-order valence-corrected chi connectivity index (χ3v) is 6.04. The smallest absolute Gasteiger partial charge is 0.307 e. The minimum atomic E-state index is -0.820. The van der Waals surface area contributed by atoms with Crippen LogP contribution in [-0.4, -0.2) is 22.2 Å². The Morgan fingerprint density at radius 2 is 1.97 bits per heavy atom. The number of furan rings is 1. The normalized spacial score (nSPS) is 13.0. The number of nitrogens with one attached hydrogen (secondary N) is 1. The first-order valence-corrected chi connectivity index (χ1v) is 12.1. The molecule has 0 radical (unpaired) electrons. The molecular formula is C29H35NO4. The fourth-order valence-corrected chi connectivity index (χ4v) is 4.70. The Hall–Kier alpha value is -3.21. The molecule has 0 amide bonds. The first-order chi connectivity index (χ1) is 16.1. The highest BCUT2D eigenvalue weighted by atomic mass is 16.5. The summed E-state index contributed by atoms with van der Waals surface area (Å²) in [5.41, 5.74) is 6.41. The van der Waals surface area contributed by atoms with Crippen molar-refractivity contribution in [1.29, 1.82) is 0 Å². The number of rotatable bonds is 9. The van der Waals surface area contributed by atoms with Crippen LogP contribution in [0.4, 0.5) is 0 Å². The Bertz CT molecular complexity index is 1310. The fourth-order valence-electron chi connectivity index (χ4n) is 4.70. The van der Waals surface area contributed by atoms with Gasteiger partial charge in [0.15, 0.2) is 0 Å². The van der Waals surface area contributed by atoms with Gasteiger partial charge >= 0.3 is 5.97 Å². The highest BCUT2D eigenvalue weighted by Crippen LogP contribution is 2.35. The van der Waals surface area contributed by atoms with Gasteiger partial charge in [0.25, 0.3) is 0 Å². The van der Waals surface area contributed by atoms with Gasteiger partial charge in [-0.15, -0.1) is 0 Å². The quantitative estimate of drug-likeness (QED) is 0.279. The van der Waals surface area contributed by atoms with Crippen molar-refractivity contribution in [2.75, 3.05) is 0 Å². The second-order valence-electron chi connectivity index (χ2n) is 10.6. The number of hydrogen-bond donors (Lipinski definition) is 2. The number of carboxylic acid groups (broad SMARTS) is 1. The standard InChI is InChI=1S/C29H35NO4/c1-6-7-24-26(11-9-23-21(16-29(3,4)5)17-33-28(23)24)34-18(2)12-22-15-20-13-19(14-27(31)32)8-10-25(20)30-22/h8-11,13,15,17-18,30H,6-7,12,14,16H2,1-5H3,(H,31,32). The van der Waals surface area contributed by atoms with Crippen LogP contribution in [0.1, 0.15) is 63.4 Å². The number of fused-ring (bicyclic) bond motifs is 2. The minimum Gasteiger partial charge on any atom is -0.490 e. The first kappa shape index (κ1) is 23.9. The van der Waals surface area contributed by atoms with Crippen molar-refractivity contribution in [1.82, 2.24) is 4.98 Å². The van der Waals surface area contributed by atoms with Crippen molar-refractivity contribution < 1.29 is 19.1 Å². The molecular weight excluding hydrogens is 426 g/mol. The first-order valence-electron chi connectivity index (χ1n) is 12.1. The van der Waals surface area contributed by atoms with Crippen LogP contribution in [0, 0.1) is 5.41 Å². The van der Waals surface area contributed by atoms with Crippen LogP contribution < -0.4 is 4.74 Å². The molecule has 5 heteroatoms. The molecule has 2 N–H and O–H groups in total. The molecule has 2 aromatic carbocycles. The number of aromatic amines is 1. The topological polar surface area (TPSA) is 75.5 Å². The second-order valence-corrected chi connectivity index (χ2v) is 10.6. The van der Waals surface area contributed by atoms with Crippen molar-refractivity contribution in [3.63, 3.8) is 0 Å². The van der Waals surface area contributed by atoms with Gasteiger partial charge in [0, 0.05) is 28.6 Å². The van der Waals surface area contributed by atoms with E-state index in [0.29, 0.717) is 0 Å². The van der Waals surface area contributed by atoms with Gasteiger partial charge in [-0.2, -0.15) is 0 Å². The van der Waals surface area contributed by atoms with Gasteiger partial charge in [-0.05, 0) is 72.0 Å². The molecule has 0 aliphatic rings. The molecule has 0 saturated carbocycles. The van der Waals surface area contributed by atoms with E-state index in [1.807, 2.05) is 24.5 Å². The van der Waals surface area contributed by atoms with Gasteiger partial charge in [0.1, 0.15) is 17.4 Å². The summed E-state index contributed by atoms with van der Waals surface area (Å²) in [6, 6.07) is 12.1. The lowest BCUT2D eigenvalue weighted by Crippen LogP contribution is -2.16. The van der Waals surface area contributed by atoms with E-state index in [9.17, 15) is 4.79 Å². The Morgan fingerprint density at radius 1 is 1.18 bits per heavy atom. The van der Waals surface area contributed by atoms with Gasteiger partial charge in [-0.3, -0.25) is 4.79 Å². The molecule has 0 spiro atoms. The highest BCUT2D eigenvalue weighted by Gasteiger charge is 2.20. The van der Waals surface area contributed by atoms with Gasteiger partial charge in [-0.1, -0.05) is 40.2 Å². The van der Waals surface area contributed by atoms with E-state index < -0.39 is 5.97 Å². The number of aliphatic carboxylic acids is 1. The van der Waals surface area contributed by atoms with Crippen molar-refractivity contribution in [2.24, 2.45) is 5.41 Å². The zero-order valence-electron chi connectivity index (χ0n) is 20.8. The molecule has 180 valence electrons. The van der Waals surface area contributed by atoms with Gasteiger partial charge in [-0.25, -0.2) is 0 Å². The van der Waals surface area contributed by atoms with E-state index in [0.717, 1.165) is 64.7 Å². The molecule has 2 heterocycles. The number of benzene rings is 2. The van der Waals surface area contributed by atoms with Crippen molar-refractivity contribution >= 4 is 27.8 Å². The number of aryl methyl sites for hydroxylation is 1. The summed E-state index contributed by atoms with van der Waals surface area (Å²) in [5.74, 6) is 0.0671. The average molecular weight is 462 g/mol. The lowest BCUT2D eigenvalue weighted by atomic mass is 9.88. The molecule has 4 rings (SSSR count). The van der Waals surface area contributed by atoms with Crippen LogP contribution in [0.15, 0.2) is 47.1 Å². The predicted octanol–water partition coefficient (Wildman–Crippen LogP) is 7.09. The summed E-state index contributed by atoms with van der Waals surface area (Å²) < 4.78 is 12.5. The van der Waals surface area contributed by atoms with E-state index in [-0.39, 0.29) is 17.9 Å². The van der Waals surface area contributed by atoms with Crippen molar-refractivity contribution in [2.45, 2.75) is 72.8 Å². The zero-order chi connectivity index (χ0) is 24.5. The van der Waals surface area contributed by atoms with Crippen LogP contribution in [-0.2, 0) is 30.5 Å². The lowest BCUT2D eigenvalue weighted by Gasteiger charge is -2.18. The lowest BCUT2D eigenvalue weighted by molar-refractivity contribution is -0.136. The summed E-state index contributed by atoms with van der Waals surface area (Å²) in [6.07, 6.45) is 5.51. The van der Waals surface area contributed by atoms with Crippen LogP contribution in [0.3, 0.4) is 0 Å². The van der Waals surface area contributed by atoms with E-state index in [2.05, 4.69) is 57.8 Å². The summed E-state index contributed by atoms with van der Waals surface area (Å²) >= 11 is 0. The molecule has 34 heavy (non-hydrogen) atoms. The average Bonchev–Trinajstić information content (AvgIpc) is 3.31. The maximum Gasteiger partial charge on any atom is 0.307 e.